The second-order valence-corrected chi connectivity index (χ2v) is 7.15. The van der Waals surface area contributed by atoms with Gasteiger partial charge in [-0.2, -0.15) is 11.8 Å². The molecule has 3 atom stereocenters. The molecule has 0 radical (unpaired) electrons. The molecule has 0 aliphatic carbocycles. The zero-order chi connectivity index (χ0) is 12.3. The van der Waals surface area contributed by atoms with Crippen LogP contribution in [0, 0.1) is 0 Å². The predicted octanol–water partition coefficient (Wildman–Crippen LogP) is 2.86. The van der Waals surface area contributed by atoms with Crippen LogP contribution in [0.25, 0.3) is 0 Å². The molecule has 0 aromatic heterocycles. The van der Waals surface area contributed by atoms with Crippen LogP contribution in [-0.2, 0) is 0 Å². The number of hydrogen-bond acceptors (Lipinski definition) is 3. The Morgan fingerprint density at radius 3 is 2.82 bits per heavy atom. The van der Waals surface area contributed by atoms with Crippen LogP contribution in [0.1, 0.15) is 52.4 Å². The Hall–Kier alpha value is 0.270. The zero-order valence-electron chi connectivity index (χ0n) is 11.5. The molecule has 2 aliphatic rings. The Kier molecular flexibility index (Phi) is 4.79. The first-order chi connectivity index (χ1) is 8.24. The fourth-order valence-corrected chi connectivity index (χ4v) is 5.24. The smallest absolute Gasteiger partial charge is 0.0458 e. The first-order valence-electron chi connectivity index (χ1n) is 7.33. The van der Waals surface area contributed by atoms with Crippen LogP contribution in [-0.4, -0.2) is 40.6 Å². The van der Waals surface area contributed by atoms with Gasteiger partial charge in [-0.05, 0) is 38.0 Å². The van der Waals surface area contributed by atoms with Crippen LogP contribution < -0.4 is 5.73 Å². The average Bonchev–Trinajstić information content (AvgIpc) is 2.73. The van der Waals surface area contributed by atoms with Crippen molar-refractivity contribution in [2.45, 2.75) is 69.2 Å². The van der Waals surface area contributed by atoms with Crippen molar-refractivity contribution in [3.8, 4) is 0 Å². The minimum absolute atomic E-state index is 0.310. The lowest BCUT2D eigenvalue weighted by atomic mass is 9.84. The number of piperidine rings is 1. The summed E-state index contributed by atoms with van der Waals surface area (Å²) in [7, 11) is 0. The minimum Gasteiger partial charge on any atom is -0.329 e. The topological polar surface area (TPSA) is 29.3 Å². The van der Waals surface area contributed by atoms with E-state index in [1.54, 1.807) is 0 Å². The monoisotopic (exact) mass is 256 g/mol. The largest absolute Gasteiger partial charge is 0.329 e. The lowest BCUT2D eigenvalue weighted by Gasteiger charge is -2.50. The van der Waals surface area contributed by atoms with Gasteiger partial charge in [0.25, 0.3) is 0 Å². The van der Waals surface area contributed by atoms with Gasteiger partial charge in [-0.1, -0.05) is 26.7 Å². The molecular weight excluding hydrogens is 228 g/mol. The SMILES string of the molecule is CCCC1CCCCN1C1(CN)CCSC1C. The van der Waals surface area contributed by atoms with Gasteiger partial charge in [-0.3, -0.25) is 4.90 Å². The maximum Gasteiger partial charge on any atom is 0.0458 e. The van der Waals surface area contributed by atoms with E-state index in [-0.39, 0.29) is 0 Å². The maximum atomic E-state index is 6.19. The van der Waals surface area contributed by atoms with Crippen molar-refractivity contribution in [1.29, 1.82) is 0 Å². The van der Waals surface area contributed by atoms with Gasteiger partial charge in [0.05, 0.1) is 0 Å². The summed E-state index contributed by atoms with van der Waals surface area (Å²) in [5, 5.41) is 0.713. The molecule has 2 heterocycles. The van der Waals surface area contributed by atoms with Crippen LogP contribution in [0.15, 0.2) is 0 Å². The van der Waals surface area contributed by atoms with Crippen LogP contribution in [0.2, 0.25) is 0 Å². The molecule has 2 rings (SSSR count). The summed E-state index contributed by atoms with van der Waals surface area (Å²) in [6.45, 7) is 6.84. The van der Waals surface area contributed by atoms with Crippen molar-refractivity contribution in [3.63, 3.8) is 0 Å². The third-order valence-electron chi connectivity index (χ3n) is 4.83. The molecule has 0 aromatic rings. The van der Waals surface area contributed by atoms with Gasteiger partial charge in [0.15, 0.2) is 0 Å². The Balaban J connectivity index is 2.15. The molecule has 2 nitrogen and oxygen atoms in total. The average molecular weight is 256 g/mol. The van der Waals surface area contributed by atoms with E-state index in [0.29, 0.717) is 10.8 Å². The number of nitrogens with two attached hydrogens (primary N) is 1. The fraction of sp³-hybridized carbons (Fsp3) is 1.00. The van der Waals surface area contributed by atoms with E-state index in [1.165, 1.54) is 50.8 Å². The van der Waals surface area contributed by atoms with Crippen molar-refractivity contribution in [2.24, 2.45) is 5.73 Å². The maximum absolute atomic E-state index is 6.19. The Morgan fingerprint density at radius 1 is 1.41 bits per heavy atom. The highest BCUT2D eigenvalue weighted by molar-refractivity contribution is 8.00. The molecule has 0 bridgehead atoms. The van der Waals surface area contributed by atoms with E-state index < -0.39 is 0 Å². The molecule has 0 amide bonds. The lowest BCUT2D eigenvalue weighted by Crippen LogP contribution is -2.62. The first-order valence-corrected chi connectivity index (χ1v) is 8.38. The molecule has 3 heteroatoms. The van der Waals surface area contributed by atoms with E-state index in [2.05, 4.69) is 30.5 Å². The van der Waals surface area contributed by atoms with Crippen LogP contribution >= 0.6 is 11.8 Å². The van der Waals surface area contributed by atoms with Gasteiger partial charge < -0.3 is 5.73 Å². The summed E-state index contributed by atoms with van der Waals surface area (Å²) in [5.74, 6) is 1.30. The van der Waals surface area contributed by atoms with Gasteiger partial charge >= 0.3 is 0 Å². The number of likely N-dealkylation sites (tertiary alicyclic amines) is 1. The molecular formula is C14H28N2S. The third kappa shape index (κ3) is 2.52. The van der Waals surface area contributed by atoms with E-state index in [4.69, 9.17) is 5.73 Å². The molecule has 2 aliphatic heterocycles. The molecule has 2 fully saturated rings. The van der Waals surface area contributed by atoms with Crippen molar-refractivity contribution in [1.82, 2.24) is 4.90 Å². The summed E-state index contributed by atoms with van der Waals surface area (Å²) in [4.78, 5) is 2.81. The van der Waals surface area contributed by atoms with Crippen LogP contribution in [0.3, 0.4) is 0 Å². The lowest BCUT2D eigenvalue weighted by molar-refractivity contribution is 0.0206. The van der Waals surface area contributed by atoms with E-state index in [1.807, 2.05) is 0 Å². The van der Waals surface area contributed by atoms with Gasteiger partial charge in [0.1, 0.15) is 0 Å². The quantitative estimate of drug-likeness (QED) is 0.838. The fourth-order valence-electron chi connectivity index (χ4n) is 3.75. The molecule has 0 aromatic carbocycles. The highest BCUT2D eigenvalue weighted by Gasteiger charge is 2.47. The molecule has 2 N–H and O–H groups in total. The van der Waals surface area contributed by atoms with Gasteiger partial charge in [0.2, 0.25) is 0 Å². The second kappa shape index (κ2) is 5.94. The molecule has 17 heavy (non-hydrogen) atoms. The Bertz CT molecular complexity index is 244. The van der Waals surface area contributed by atoms with E-state index >= 15 is 0 Å². The van der Waals surface area contributed by atoms with Gasteiger partial charge in [-0.25, -0.2) is 0 Å². The normalized spacial score (nSPS) is 39.7. The highest BCUT2D eigenvalue weighted by atomic mass is 32.2. The molecule has 100 valence electrons. The highest BCUT2D eigenvalue weighted by Crippen LogP contribution is 2.42. The van der Waals surface area contributed by atoms with Crippen molar-refractivity contribution in [3.05, 3.63) is 0 Å². The number of hydrogen-bond donors (Lipinski definition) is 1. The van der Waals surface area contributed by atoms with E-state index in [9.17, 15) is 0 Å². The number of nitrogens with zero attached hydrogens (tertiary/aromatic N) is 1. The molecule has 0 saturated carbocycles. The van der Waals surface area contributed by atoms with Crippen LogP contribution in [0.5, 0.6) is 0 Å². The molecule has 3 unspecified atom stereocenters. The van der Waals surface area contributed by atoms with E-state index in [0.717, 1.165) is 12.6 Å². The van der Waals surface area contributed by atoms with Crippen LogP contribution in [0.4, 0.5) is 0 Å². The van der Waals surface area contributed by atoms with Gasteiger partial charge in [-0.15, -0.1) is 0 Å². The minimum atomic E-state index is 0.310. The summed E-state index contributed by atoms with van der Waals surface area (Å²) in [5.41, 5.74) is 6.50. The Labute approximate surface area is 111 Å². The predicted molar refractivity (Wildman–Crippen MR) is 77.6 cm³/mol. The standard InChI is InChI=1S/C14H28N2S/c1-3-6-13-7-4-5-9-16(13)14(11-15)8-10-17-12(14)2/h12-13H,3-11,15H2,1-2H3. The van der Waals surface area contributed by atoms with Crippen molar-refractivity contribution in [2.75, 3.05) is 18.8 Å². The summed E-state index contributed by atoms with van der Waals surface area (Å²) >= 11 is 2.12. The molecule has 0 spiro atoms. The van der Waals surface area contributed by atoms with Gasteiger partial charge in [0, 0.05) is 23.4 Å². The first kappa shape index (κ1) is 13.7. The van der Waals surface area contributed by atoms with Crippen molar-refractivity contribution < 1.29 is 0 Å². The third-order valence-corrected chi connectivity index (χ3v) is 6.21. The second-order valence-electron chi connectivity index (χ2n) is 5.70. The Morgan fingerprint density at radius 2 is 2.24 bits per heavy atom. The summed E-state index contributed by atoms with van der Waals surface area (Å²) in [6.07, 6.45) is 8.16. The summed E-state index contributed by atoms with van der Waals surface area (Å²) < 4.78 is 0. The number of thioether (sulfide) groups is 1. The summed E-state index contributed by atoms with van der Waals surface area (Å²) in [6, 6.07) is 0.804. The zero-order valence-corrected chi connectivity index (χ0v) is 12.3. The molecule has 2 saturated heterocycles. The number of rotatable bonds is 4. The van der Waals surface area contributed by atoms with Crippen molar-refractivity contribution >= 4 is 11.8 Å².